The Kier molecular flexibility index (Phi) is 4.72. The van der Waals surface area contributed by atoms with Crippen LogP contribution in [0.2, 0.25) is 0 Å². The fourth-order valence-electron chi connectivity index (χ4n) is 3.04. The Morgan fingerprint density at radius 2 is 1.75 bits per heavy atom. The summed E-state index contributed by atoms with van der Waals surface area (Å²) in [6.07, 6.45) is 1.68. The molecule has 0 bridgehead atoms. The van der Waals surface area contributed by atoms with Gasteiger partial charge in [-0.05, 0) is 48.4 Å². The molecule has 4 rings (SSSR count). The Balaban J connectivity index is 1.90. The van der Waals surface area contributed by atoms with Crippen molar-refractivity contribution in [2.24, 2.45) is 5.10 Å². The largest absolute Gasteiger partial charge is 0.497 e. The lowest BCUT2D eigenvalue weighted by atomic mass is 10.1. The zero-order valence-corrected chi connectivity index (χ0v) is 15.7. The van der Waals surface area contributed by atoms with Gasteiger partial charge < -0.3 is 4.74 Å². The van der Waals surface area contributed by atoms with Crippen LogP contribution in [0.5, 0.6) is 5.75 Å². The van der Waals surface area contributed by atoms with Crippen LogP contribution in [0, 0.1) is 6.92 Å². The zero-order valence-electron chi connectivity index (χ0n) is 15.7. The summed E-state index contributed by atoms with van der Waals surface area (Å²) < 4.78 is 6.61. The molecular formula is C23H19N3O2. The molecule has 0 saturated heterocycles. The first kappa shape index (κ1) is 17.7. The van der Waals surface area contributed by atoms with Crippen molar-refractivity contribution >= 4 is 17.1 Å². The third kappa shape index (κ3) is 3.30. The van der Waals surface area contributed by atoms with Gasteiger partial charge in [-0.25, -0.2) is 4.98 Å². The number of nitrogens with zero attached hydrogens (tertiary/aromatic N) is 3. The molecule has 138 valence electrons. The van der Waals surface area contributed by atoms with Crippen LogP contribution in [-0.2, 0) is 0 Å². The van der Waals surface area contributed by atoms with Crippen LogP contribution >= 0.6 is 0 Å². The van der Waals surface area contributed by atoms with Gasteiger partial charge in [0.15, 0.2) is 5.82 Å². The van der Waals surface area contributed by atoms with Gasteiger partial charge in [0.25, 0.3) is 5.56 Å². The van der Waals surface area contributed by atoms with Crippen LogP contribution < -0.4 is 10.3 Å². The van der Waals surface area contributed by atoms with Crippen molar-refractivity contribution in [3.8, 4) is 17.1 Å². The topological polar surface area (TPSA) is 56.5 Å². The molecule has 5 nitrogen and oxygen atoms in total. The second-order valence-electron chi connectivity index (χ2n) is 6.40. The van der Waals surface area contributed by atoms with Crippen molar-refractivity contribution in [2.45, 2.75) is 6.92 Å². The highest BCUT2D eigenvalue weighted by Gasteiger charge is 2.12. The van der Waals surface area contributed by atoms with Crippen molar-refractivity contribution < 1.29 is 4.74 Å². The summed E-state index contributed by atoms with van der Waals surface area (Å²) in [7, 11) is 1.63. The predicted octanol–water partition coefficient (Wildman–Crippen LogP) is 4.26. The summed E-state index contributed by atoms with van der Waals surface area (Å²) in [4.78, 5) is 17.8. The molecule has 0 aliphatic carbocycles. The van der Waals surface area contributed by atoms with E-state index in [9.17, 15) is 4.79 Å². The molecular weight excluding hydrogens is 350 g/mol. The second kappa shape index (κ2) is 7.48. The highest BCUT2D eigenvalue weighted by Crippen LogP contribution is 2.19. The molecule has 0 saturated carbocycles. The maximum absolute atomic E-state index is 13.1. The minimum atomic E-state index is -0.202. The van der Waals surface area contributed by atoms with Crippen molar-refractivity contribution in [3.05, 3.63) is 94.3 Å². The molecule has 0 aliphatic heterocycles. The molecule has 0 atom stereocenters. The van der Waals surface area contributed by atoms with Gasteiger partial charge in [-0.2, -0.15) is 9.78 Å². The van der Waals surface area contributed by atoms with Gasteiger partial charge in [0.2, 0.25) is 0 Å². The molecule has 0 aliphatic rings. The number of ether oxygens (including phenoxy) is 1. The summed E-state index contributed by atoms with van der Waals surface area (Å²) >= 11 is 0. The summed E-state index contributed by atoms with van der Waals surface area (Å²) in [5.41, 5.74) is 3.19. The van der Waals surface area contributed by atoms with Crippen LogP contribution in [0.15, 0.2) is 82.7 Å². The third-order valence-electron chi connectivity index (χ3n) is 4.58. The van der Waals surface area contributed by atoms with E-state index in [2.05, 4.69) is 5.10 Å². The lowest BCUT2D eigenvalue weighted by molar-refractivity contribution is 0.414. The van der Waals surface area contributed by atoms with E-state index in [1.165, 1.54) is 4.68 Å². The molecule has 1 aromatic heterocycles. The van der Waals surface area contributed by atoms with Crippen molar-refractivity contribution in [2.75, 3.05) is 7.11 Å². The number of fused-ring (bicyclic) bond motifs is 1. The minimum absolute atomic E-state index is 0.202. The number of hydrogen-bond donors (Lipinski definition) is 0. The molecule has 1 heterocycles. The van der Waals surface area contributed by atoms with Gasteiger partial charge in [-0.15, -0.1) is 0 Å². The molecule has 5 heteroatoms. The van der Waals surface area contributed by atoms with Crippen molar-refractivity contribution in [1.29, 1.82) is 0 Å². The molecule has 0 unspecified atom stereocenters. The molecule has 4 aromatic rings. The van der Waals surface area contributed by atoms with E-state index in [-0.39, 0.29) is 5.56 Å². The smallest absolute Gasteiger partial charge is 0.282 e. The highest BCUT2D eigenvalue weighted by atomic mass is 16.5. The van der Waals surface area contributed by atoms with Crippen LogP contribution in [0.1, 0.15) is 11.1 Å². The van der Waals surface area contributed by atoms with Gasteiger partial charge in [0, 0.05) is 5.56 Å². The van der Waals surface area contributed by atoms with Gasteiger partial charge in [-0.3, -0.25) is 4.79 Å². The number of aryl methyl sites for hydroxylation is 1. The SMILES string of the molecule is COc1ccc(C=Nn2c(-c3ccccc3)nc3ccccc3c2=O)c(C)c1. The maximum atomic E-state index is 13.1. The number of benzene rings is 3. The minimum Gasteiger partial charge on any atom is -0.497 e. The fraction of sp³-hybridized carbons (Fsp3) is 0.0870. The molecule has 0 N–H and O–H groups in total. The van der Waals surface area contributed by atoms with Gasteiger partial charge in [-0.1, -0.05) is 42.5 Å². The summed E-state index contributed by atoms with van der Waals surface area (Å²) in [6.45, 7) is 1.98. The summed E-state index contributed by atoms with van der Waals surface area (Å²) in [5, 5.41) is 5.03. The Bertz CT molecular complexity index is 1230. The van der Waals surface area contributed by atoms with Crippen LogP contribution in [-0.4, -0.2) is 23.0 Å². The van der Waals surface area contributed by atoms with Gasteiger partial charge in [0.05, 0.1) is 24.2 Å². The van der Waals surface area contributed by atoms with Crippen molar-refractivity contribution in [1.82, 2.24) is 9.66 Å². The summed E-state index contributed by atoms with van der Waals surface area (Å²) in [5.74, 6) is 1.29. The Morgan fingerprint density at radius 3 is 2.50 bits per heavy atom. The Hall–Kier alpha value is -3.73. The third-order valence-corrected chi connectivity index (χ3v) is 4.58. The monoisotopic (exact) mass is 369 g/mol. The number of rotatable bonds is 4. The first-order chi connectivity index (χ1) is 13.7. The lowest BCUT2D eigenvalue weighted by Crippen LogP contribution is -2.20. The van der Waals surface area contributed by atoms with E-state index in [1.54, 1.807) is 19.4 Å². The van der Waals surface area contributed by atoms with Crippen molar-refractivity contribution in [3.63, 3.8) is 0 Å². The van der Waals surface area contributed by atoms with E-state index in [4.69, 9.17) is 9.72 Å². The van der Waals surface area contributed by atoms with E-state index >= 15 is 0 Å². The van der Waals surface area contributed by atoms with E-state index in [0.29, 0.717) is 16.7 Å². The molecule has 0 radical (unpaired) electrons. The Labute approximate surface area is 162 Å². The average molecular weight is 369 g/mol. The highest BCUT2D eigenvalue weighted by molar-refractivity contribution is 5.83. The predicted molar refractivity (Wildman–Crippen MR) is 112 cm³/mol. The van der Waals surface area contributed by atoms with Gasteiger partial charge in [0.1, 0.15) is 5.75 Å². The number of para-hydroxylation sites is 1. The van der Waals surface area contributed by atoms with E-state index < -0.39 is 0 Å². The normalized spacial score (nSPS) is 11.2. The zero-order chi connectivity index (χ0) is 19.5. The van der Waals surface area contributed by atoms with E-state index in [0.717, 1.165) is 22.4 Å². The molecule has 28 heavy (non-hydrogen) atoms. The standard InChI is InChI=1S/C23H19N3O2/c1-16-14-19(28-2)13-12-18(16)15-24-26-22(17-8-4-3-5-9-17)25-21-11-7-6-10-20(21)23(26)27/h3-15H,1-2H3. The lowest BCUT2D eigenvalue weighted by Gasteiger charge is -2.10. The maximum Gasteiger partial charge on any atom is 0.282 e. The van der Waals surface area contributed by atoms with Crippen LogP contribution in [0.3, 0.4) is 0 Å². The van der Waals surface area contributed by atoms with Crippen LogP contribution in [0.25, 0.3) is 22.3 Å². The summed E-state index contributed by atoms with van der Waals surface area (Å²) in [6, 6.07) is 22.6. The number of hydrogen-bond acceptors (Lipinski definition) is 4. The van der Waals surface area contributed by atoms with Gasteiger partial charge >= 0.3 is 0 Å². The molecule has 0 fully saturated rings. The average Bonchev–Trinajstić information content (AvgIpc) is 2.74. The molecule has 3 aromatic carbocycles. The molecule has 0 spiro atoms. The first-order valence-corrected chi connectivity index (χ1v) is 8.93. The first-order valence-electron chi connectivity index (χ1n) is 8.93. The number of methoxy groups -OCH3 is 1. The molecule has 0 amide bonds. The number of aromatic nitrogens is 2. The second-order valence-corrected chi connectivity index (χ2v) is 6.40. The van der Waals surface area contributed by atoms with E-state index in [1.807, 2.05) is 73.7 Å². The quantitative estimate of drug-likeness (QED) is 0.505. The van der Waals surface area contributed by atoms with Crippen LogP contribution in [0.4, 0.5) is 0 Å². The Morgan fingerprint density at radius 1 is 1.00 bits per heavy atom. The fourth-order valence-corrected chi connectivity index (χ4v) is 3.04.